The van der Waals surface area contributed by atoms with E-state index in [0.29, 0.717) is 0 Å². The van der Waals surface area contributed by atoms with Gasteiger partial charge in [0.1, 0.15) is 6.10 Å². The van der Waals surface area contributed by atoms with Crippen molar-refractivity contribution in [2.75, 3.05) is 6.61 Å². The molecule has 0 saturated carbocycles. The van der Waals surface area contributed by atoms with Crippen LogP contribution in [0.15, 0.2) is 0 Å². The highest BCUT2D eigenvalue weighted by Gasteiger charge is 2.75. The number of carbonyl (C=O) groups excluding carboxylic acids is 2. The van der Waals surface area contributed by atoms with E-state index in [9.17, 15) is 44.7 Å². The van der Waals surface area contributed by atoms with Crippen LogP contribution in [0.4, 0.5) is 35.1 Å². The van der Waals surface area contributed by atoms with Crippen molar-refractivity contribution in [1.29, 1.82) is 0 Å². The van der Waals surface area contributed by atoms with Gasteiger partial charge >= 0.3 is 36.1 Å². The minimum Gasteiger partial charge on any atom is -0.462 e. The molecule has 0 aliphatic rings. The molecule has 0 rings (SSSR count). The second-order valence-corrected chi connectivity index (χ2v) is 7.16. The number of hydrogen-bond acceptors (Lipinski definition) is 4. The summed E-state index contributed by atoms with van der Waals surface area (Å²) in [7, 11) is 0. The quantitative estimate of drug-likeness (QED) is 0.311. The van der Waals surface area contributed by atoms with Crippen LogP contribution in [0.3, 0.4) is 0 Å². The van der Waals surface area contributed by atoms with E-state index in [1.165, 1.54) is 0 Å². The highest BCUT2D eigenvalue weighted by atomic mass is 19.4. The van der Waals surface area contributed by atoms with Gasteiger partial charge in [-0.15, -0.1) is 0 Å². The first-order chi connectivity index (χ1) is 13.0. The topological polar surface area (TPSA) is 52.6 Å². The molecular formula is C17H24F8O4. The van der Waals surface area contributed by atoms with Gasteiger partial charge < -0.3 is 9.47 Å². The van der Waals surface area contributed by atoms with Gasteiger partial charge in [-0.05, 0) is 18.3 Å². The molecule has 29 heavy (non-hydrogen) atoms. The largest absolute Gasteiger partial charge is 0.462 e. The number of esters is 2. The van der Waals surface area contributed by atoms with Crippen LogP contribution in [-0.4, -0.2) is 48.8 Å². The molecule has 0 fully saturated rings. The smallest absolute Gasteiger partial charge is 0.381 e. The average molecular weight is 444 g/mol. The lowest BCUT2D eigenvalue weighted by atomic mass is 9.96. The Labute approximate surface area is 162 Å². The van der Waals surface area contributed by atoms with Crippen LogP contribution >= 0.6 is 0 Å². The standard InChI is InChI=1S/C17H24F8O4/c1-9(2)13(10(3)4)29-12(27)7-5-6-11(26)28-8-15(20,21)17(24,25)16(22,23)14(18)19/h9-10,13-14H,5-8H2,1-4H3. The molecule has 0 aromatic heterocycles. The summed E-state index contributed by atoms with van der Waals surface area (Å²) in [6, 6.07) is 0. The number of ether oxygens (including phenoxy) is 2. The zero-order chi connectivity index (χ0) is 23.2. The summed E-state index contributed by atoms with van der Waals surface area (Å²) < 4.78 is 111. The summed E-state index contributed by atoms with van der Waals surface area (Å²) in [6.07, 6.45) is -6.66. The minimum absolute atomic E-state index is 0.0131. The summed E-state index contributed by atoms with van der Waals surface area (Å²) in [6.45, 7) is 4.77. The van der Waals surface area contributed by atoms with E-state index in [4.69, 9.17) is 4.74 Å². The van der Waals surface area contributed by atoms with E-state index >= 15 is 0 Å². The Morgan fingerprint density at radius 2 is 1.28 bits per heavy atom. The number of rotatable bonds is 12. The fourth-order valence-electron chi connectivity index (χ4n) is 2.34. The molecule has 0 heterocycles. The van der Waals surface area contributed by atoms with Crippen molar-refractivity contribution in [3.63, 3.8) is 0 Å². The van der Waals surface area contributed by atoms with E-state index in [2.05, 4.69) is 4.74 Å². The Balaban J connectivity index is 4.58. The molecule has 12 heteroatoms. The second-order valence-electron chi connectivity index (χ2n) is 7.16. The van der Waals surface area contributed by atoms with Crippen LogP contribution in [0.1, 0.15) is 47.0 Å². The van der Waals surface area contributed by atoms with Gasteiger partial charge in [-0.25, -0.2) is 8.78 Å². The van der Waals surface area contributed by atoms with Crippen LogP contribution in [0, 0.1) is 11.8 Å². The summed E-state index contributed by atoms with van der Waals surface area (Å²) in [5.41, 5.74) is 0. The Hall–Kier alpha value is -1.62. The molecule has 0 unspecified atom stereocenters. The fourth-order valence-corrected chi connectivity index (χ4v) is 2.34. The first-order valence-electron chi connectivity index (χ1n) is 8.74. The minimum atomic E-state index is -6.44. The molecule has 0 aliphatic heterocycles. The van der Waals surface area contributed by atoms with Crippen LogP contribution < -0.4 is 0 Å². The Morgan fingerprint density at radius 1 is 0.828 bits per heavy atom. The molecule has 172 valence electrons. The molecule has 4 nitrogen and oxygen atoms in total. The second kappa shape index (κ2) is 10.4. The highest BCUT2D eigenvalue weighted by Crippen LogP contribution is 2.48. The van der Waals surface area contributed by atoms with Crippen LogP contribution in [0.25, 0.3) is 0 Å². The van der Waals surface area contributed by atoms with E-state index in [1.807, 2.05) is 27.7 Å². The number of halogens is 8. The third kappa shape index (κ3) is 7.29. The van der Waals surface area contributed by atoms with E-state index in [1.54, 1.807) is 0 Å². The summed E-state index contributed by atoms with van der Waals surface area (Å²) >= 11 is 0. The van der Waals surface area contributed by atoms with Crippen LogP contribution in [0.2, 0.25) is 0 Å². The molecule has 0 amide bonds. The van der Waals surface area contributed by atoms with Gasteiger partial charge in [0, 0.05) is 12.8 Å². The molecule has 0 N–H and O–H groups in total. The summed E-state index contributed by atoms with van der Waals surface area (Å²) in [5.74, 6) is -20.6. The Morgan fingerprint density at radius 3 is 1.69 bits per heavy atom. The van der Waals surface area contributed by atoms with Gasteiger partial charge in [-0.3, -0.25) is 9.59 Å². The number of alkyl halides is 8. The van der Waals surface area contributed by atoms with Gasteiger partial charge in [0.15, 0.2) is 6.61 Å². The zero-order valence-corrected chi connectivity index (χ0v) is 16.3. The predicted molar refractivity (Wildman–Crippen MR) is 85.2 cm³/mol. The lowest BCUT2D eigenvalue weighted by Gasteiger charge is -2.31. The van der Waals surface area contributed by atoms with Gasteiger partial charge in [0.2, 0.25) is 0 Å². The van der Waals surface area contributed by atoms with Crippen molar-refractivity contribution in [2.24, 2.45) is 11.8 Å². The first-order valence-corrected chi connectivity index (χ1v) is 8.74. The van der Waals surface area contributed by atoms with Crippen molar-refractivity contribution >= 4 is 11.9 Å². The van der Waals surface area contributed by atoms with Crippen molar-refractivity contribution in [1.82, 2.24) is 0 Å². The highest BCUT2D eigenvalue weighted by molar-refractivity contribution is 5.72. The molecule has 0 saturated heterocycles. The molecule has 0 aromatic rings. The number of carbonyl (C=O) groups is 2. The van der Waals surface area contributed by atoms with E-state index in [0.717, 1.165) is 0 Å². The van der Waals surface area contributed by atoms with Gasteiger partial charge in [0.25, 0.3) is 0 Å². The monoisotopic (exact) mass is 444 g/mol. The predicted octanol–water partition coefficient (Wildman–Crippen LogP) is 5.09. The van der Waals surface area contributed by atoms with Crippen molar-refractivity contribution in [3.05, 3.63) is 0 Å². The SMILES string of the molecule is CC(C)C(OC(=O)CCCC(=O)OCC(F)(F)C(F)(F)C(F)(F)C(F)F)C(C)C. The molecule has 0 aliphatic carbocycles. The van der Waals surface area contributed by atoms with Crippen LogP contribution in [0.5, 0.6) is 0 Å². The van der Waals surface area contributed by atoms with Gasteiger partial charge in [-0.2, -0.15) is 26.3 Å². The maximum Gasteiger partial charge on any atom is 0.381 e. The van der Waals surface area contributed by atoms with Crippen molar-refractivity contribution < 1.29 is 54.2 Å². The van der Waals surface area contributed by atoms with E-state index in [-0.39, 0.29) is 24.7 Å². The number of hydrogen-bond donors (Lipinski definition) is 0. The molecule has 0 spiro atoms. The van der Waals surface area contributed by atoms with Crippen molar-refractivity contribution in [2.45, 2.75) is 77.3 Å². The third-order valence-electron chi connectivity index (χ3n) is 3.91. The lowest BCUT2D eigenvalue weighted by Crippen LogP contribution is -2.59. The summed E-state index contributed by atoms with van der Waals surface area (Å²) in [4.78, 5) is 23.1. The van der Waals surface area contributed by atoms with E-state index < -0.39 is 55.3 Å². The van der Waals surface area contributed by atoms with Gasteiger partial charge in [0.05, 0.1) is 0 Å². The zero-order valence-electron chi connectivity index (χ0n) is 16.3. The molecule has 0 atom stereocenters. The molecule has 0 aromatic carbocycles. The third-order valence-corrected chi connectivity index (χ3v) is 3.91. The lowest BCUT2D eigenvalue weighted by molar-refractivity contribution is -0.344. The van der Waals surface area contributed by atoms with Gasteiger partial charge in [-0.1, -0.05) is 27.7 Å². The first kappa shape index (κ1) is 27.4. The molecular weight excluding hydrogens is 420 g/mol. The maximum absolute atomic E-state index is 13.2. The molecule has 0 bridgehead atoms. The Kier molecular flexibility index (Phi) is 9.84. The maximum atomic E-state index is 13.2. The molecule has 0 radical (unpaired) electrons. The fraction of sp³-hybridized carbons (Fsp3) is 0.882. The van der Waals surface area contributed by atoms with Crippen molar-refractivity contribution in [3.8, 4) is 0 Å². The van der Waals surface area contributed by atoms with Crippen LogP contribution in [-0.2, 0) is 19.1 Å². The summed E-state index contributed by atoms with van der Waals surface area (Å²) in [5, 5.41) is 0. The Bertz CT molecular complexity index is 542. The average Bonchev–Trinajstić information content (AvgIpc) is 2.56. The normalized spacial score (nSPS) is 13.5.